The number of anilines is 1. The van der Waals surface area contributed by atoms with Gasteiger partial charge in [0.15, 0.2) is 10.8 Å². The summed E-state index contributed by atoms with van der Waals surface area (Å²) in [6.45, 7) is 2.56. The van der Waals surface area contributed by atoms with Crippen molar-refractivity contribution in [2.24, 2.45) is 5.16 Å². The Balaban J connectivity index is 2.89. The number of carboxylic acid groups (broad SMARTS) is 1. The van der Waals surface area contributed by atoms with E-state index in [4.69, 9.17) is 15.7 Å². The molecule has 0 saturated heterocycles. The van der Waals surface area contributed by atoms with Crippen molar-refractivity contribution in [3.8, 4) is 0 Å². The van der Waals surface area contributed by atoms with Gasteiger partial charge in [-0.15, -0.1) is 0 Å². The van der Waals surface area contributed by atoms with E-state index in [0.29, 0.717) is 0 Å². The minimum atomic E-state index is -1.57. The van der Waals surface area contributed by atoms with Crippen LogP contribution in [0.2, 0.25) is 0 Å². The van der Waals surface area contributed by atoms with Crippen LogP contribution in [-0.2, 0) is 14.4 Å². The van der Waals surface area contributed by atoms with Crippen molar-refractivity contribution < 1.29 is 19.5 Å². The van der Waals surface area contributed by atoms with E-state index in [1.807, 2.05) is 0 Å². The molecule has 0 aliphatic heterocycles. The molecule has 0 aromatic carbocycles. The fraction of sp³-hybridized carbons (Fsp3) is 0.375. The number of nitrogen functional groups attached to an aromatic ring is 1. The van der Waals surface area contributed by atoms with Crippen LogP contribution in [0.25, 0.3) is 0 Å². The summed E-state index contributed by atoms with van der Waals surface area (Å²) in [5.74, 6) is -1.28. The Morgan fingerprint density at radius 1 is 1.65 bits per heavy atom. The van der Waals surface area contributed by atoms with Crippen LogP contribution in [0.5, 0.6) is 0 Å². The number of nitrogens with two attached hydrogens (primary N) is 1. The van der Waals surface area contributed by atoms with Crippen molar-refractivity contribution in [1.29, 1.82) is 0 Å². The maximum atomic E-state index is 10.7. The number of rotatable bonds is 5. The summed E-state index contributed by atoms with van der Waals surface area (Å²) in [5.41, 5.74) is 3.42. The zero-order chi connectivity index (χ0) is 13.1. The minimum Gasteiger partial charge on any atom is -0.478 e. The van der Waals surface area contributed by atoms with Crippen LogP contribution in [0.4, 0.5) is 5.13 Å². The van der Waals surface area contributed by atoms with E-state index in [0.717, 1.165) is 11.5 Å². The van der Waals surface area contributed by atoms with Crippen LogP contribution in [0.15, 0.2) is 5.16 Å². The normalized spacial score (nSPS) is 12.2. The predicted molar refractivity (Wildman–Crippen MR) is 59.4 cm³/mol. The van der Waals surface area contributed by atoms with E-state index in [1.165, 1.54) is 20.1 Å². The Bertz CT molecular complexity index is 468. The highest BCUT2D eigenvalue weighted by Crippen LogP contribution is 2.11. The number of carbonyl (C=O) groups is 1. The van der Waals surface area contributed by atoms with Crippen molar-refractivity contribution in [2.45, 2.75) is 19.4 Å². The number of carboxylic acids is 1. The number of nitrogens with zero attached hydrogens (tertiary/aromatic N) is 3. The van der Waals surface area contributed by atoms with Crippen molar-refractivity contribution in [2.75, 3.05) is 5.73 Å². The lowest BCUT2D eigenvalue weighted by molar-refractivity contribution is -0.161. The first kappa shape index (κ1) is 13.0. The highest BCUT2D eigenvalue weighted by atomic mass is 32.1. The molecule has 0 unspecified atom stereocenters. The first-order valence-electron chi connectivity index (χ1n) is 4.34. The van der Waals surface area contributed by atoms with E-state index in [2.05, 4.69) is 14.5 Å². The summed E-state index contributed by atoms with van der Waals surface area (Å²) in [4.78, 5) is 29.7. The average Bonchev–Trinajstić information content (AvgIpc) is 2.65. The number of hydrogen-bond donors (Lipinski definition) is 2. The van der Waals surface area contributed by atoms with Gasteiger partial charge in [-0.3, -0.25) is 4.79 Å². The summed E-state index contributed by atoms with van der Waals surface area (Å²) >= 11 is 0.873. The Hall–Kier alpha value is -2.03. The predicted octanol–water partition coefficient (Wildman–Crippen LogP) is -0.186. The van der Waals surface area contributed by atoms with Gasteiger partial charge in [0.25, 0.3) is 6.29 Å². The van der Waals surface area contributed by atoms with Crippen molar-refractivity contribution >= 4 is 34.6 Å². The summed E-state index contributed by atoms with van der Waals surface area (Å²) < 4.78 is 3.72. The second kappa shape index (κ2) is 4.87. The quantitative estimate of drug-likeness (QED) is 0.552. The lowest BCUT2D eigenvalue weighted by atomic mass is 10.1. The molecule has 0 amide bonds. The molecule has 0 saturated carbocycles. The molecule has 1 rings (SSSR count). The van der Waals surface area contributed by atoms with Gasteiger partial charge < -0.3 is 15.7 Å². The molecular weight excluding hydrogens is 248 g/mol. The smallest absolute Gasteiger partial charge is 0.350 e. The van der Waals surface area contributed by atoms with E-state index < -0.39 is 11.6 Å². The van der Waals surface area contributed by atoms with Gasteiger partial charge >= 0.3 is 5.97 Å². The molecule has 0 aliphatic carbocycles. The third-order valence-corrected chi connectivity index (χ3v) is 2.17. The fourth-order valence-corrected chi connectivity index (χ4v) is 1.07. The molecule has 1 aromatic rings. The molecule has 1 aromatic heterocycles. The van der Waals surface area contributed by atoms with Crippen molar-refractivity contribution in [1.82, 2.24) is 9.36 Å². The van der Waals surface area contributed by atoms with Crippen LogP contribution in [0.3, 0.4) is 0 Å². The van der Waals surface area contributed by atoms with Gasteiger partial charge in [-0.1, -0.05) is 5.16 Å². The molecular formula is C8H9N4O4S. The van der Waals surface area contributed by atoms with Crippen LogP contribution >= 0.6 is 11.5 Å². The molecule has 91 valence electrons. The third kappa shape index (κ3) is 3.21. The van der Waals surface area contributed by atoms with Crippen molar-refractivity contribution in [3.63, 3.8) is 0 Å². The lowest BCUT2D eigenvalue weighted by Crippen LogP contribution is -2.33. The number of aromatic nitrogens is 2. The Labute approximate surface area is 100 Å². The largest absolute Gasteiger partial charge is 0.478 e. The topological polar surface area (TPSA) is 128 Å². The first-order chi connectivity index (χ1) is 7.86. The molecule has 0 spiro atoms. The highest BCUT2D eigenvalue weighted by Gasteiger charge is 2.30. The van der Waals surface area contributed by atoms with Gasteiger partial charge in [-0.2, -0.15) is 9.36 Å². The molecule has 9 heteroatoms. The van der Waals surface area contributed by atoms with Crippen LogP contribution in [-0.4, -0.2) is 38.0 Å². The number of hydrogen-bond acceptors (Lipinski definition) is 8. The number of carbonyl (C=O) groups excluding carboxylic acids is 1. The summed E-state index contributed by atoms with van der Waals surface area (Å²) in [6, 6.07) is 0. The fourth-order valence-electron chi connectivity index (χ4n) is 0.635. The van der Waals surface area contributed by atoms with Gasteiger partial charge in [-0.25, -0.2) is 4.79 Å². The monoisotopic (exact) mass is 257 g/mol. The average molecular weight is 257 g/mol. The van der Waals surface area contributed by atoms with E-state index in [-0.39, 0.29) is 16.7 Å². The summed E-state index contributed by atoms with van der Waals surface area (Å²) in [5, 5.41) is 12.3. The third-order valence-electron chi connectivity index (χ3n) is 1.63. The van der Waals surface area contributed by atoms with Crippen molar-refractivity contribution in [3.05, 3.63) is 5.82 Å². The molecule has 0 fully saturated rings. The van der Waals surface area contributed by atoms with Crippen LogP contribution in [0.1, 0.15) is 19.7 Å². The molecule has 0 aliphatic rings. The molecule has 0 atom stereocenters. The zero-order valence-corrected chi connectivity index (χ0v) is 9.82. The molecule has 3 N–H and O–H groups in total. The Morgan fingerprint density at radius 2 is 2.29 bits per heavy atom. The molecule has 1 radical (unpaired) electrons. The lowest BCUT2D eigenvalue weighted by Gasteiger charge is -2.15. The SMILES string of the molecule is CC(C)(ON=C([C]=O)c1nsc(N)n1)C(=O)O. The summed E-state index contributed by atoms with van der Waals surface area (Å²) in [6.07, 6.45) is 1.45. The zero-order valence-electron chi connectivity index (χ0n) is 9.00. The van der Waals surface area contributed by atoms with E-state index >= 15 is 0 Å². The van der Waals surface area contributed by atoms with Gasteiger partial charge in [0.05, 0.1) is 0 Å². The number of aliphatic carboxylic acids is 1. The first-order valence-corrected chi connectivity index (χ1v) is 5.11. The maximum absolute atomic E-state index is 10.7. The van der Waals surface area contributed by atoms with E-state index in [9.17, 15) is 9.59 Å². The number of oxime groups is 1. The highest BCUT2D eigenvalue weighted by molar-refractivity contribution is 7.09. The van der Waals surface area contributed by atoms with Crippen LogP contribution in [0, 0.1) is 0 Å². The minimum absolute atomic E-state index is 0.0521. The standard InChI is InChI=1S/C8H9N4O4S/c1-8(2,6(14)15)16-11-4(3-13)5-10-7(9)17-12-5/h1-2H3,(H,14,15)(H2,9,10,12). The molecule has 1 heterocycles. The Morgan fingerprint density at radius 3 is 2.71 bits per heavy atom. The molecule has 17 heavy (non-hydrogen) atoms. The summed E-state index contributed by atoms with van der Waals surface area (Å²) in [7, 11) is 0. The second-order valence-corrected chi connectivity index (χ2v) is 4.19. The van der Waals surface area contributed by atoms with Gasteiger partial charge in [0.1, 0.15) is 0 Å². The second-order valence-electron chi connectivity index (χ2n) is 3.40. The molecule has 0 bridgehead atoms. The maximum Gasteiger partial charge on any atom is 0.350 e. The van der Waals surface area contributed by atoms with Gasteiger partial charge in [0.2, 0.25) is 11.4 Å². The molecule has 8 nitrogen and oxygen atoms in total. The Kier molecular flexibility index (Phi) is 3.73. The van der Waals surface area contributed by atoms with Gasteiger partial charge in [-0.05, 0) is 13.8 Å². The van der Waals surface area contributed by atoms with Crippen LogP contribution < -0.4 is 5.73 Å². The van der Waals surface area contributed by atoms with E-state index in [1.54, 1.807) is 0 Å². The van der Waals surface area contributed by atoms with Gasteiger partial charge in [0, 0.05) is 11.5 Å².